The average Bonchev–Trinajstić information content (AvgIpc) is 3.61. The van der Waals surface area contributed by atoms with Gasteiger partial charge in [-0.05, 0) is 127 Å². The zero-order chi connectivity index (χ0) is 59.7. The minimum absolute atomic E-state index is 0.00467. The number of ether oxygens (including phenoxy) is 9. The van der Waals surface area contributed by atoms with E-state index in [0.717, 1.165) is 44.5 Å². The van der Waals surface area contributed by atoms with E-state index < -0.39 is 77.8 Å². The van der Waals surface area contributed by atoms with Crippen molar-refractivity contribution in [2.24, 2.45) is 35.5 Å². The lowest BCUT2D eigenvalue weighted by Gasteiger charge is -2.43. The third-order valence-corrected chi connectivity index (χ3v) is 18.0. The molecule has 2 bridgehead atoms. The summed E-state index contributed by atoms with van der Waals surface area (Å²) in [6.07, 6.45) is 13.5. The van der Waals surface area contributed by atoms with Gasteiger partial charge in [0.05, 0.1) is 63.1 Å². The number of cyclic esters (lactones) is 1. The van der Waals surface area contributed by atoms with Crippen molar-refractivity contribution in [1.82, 2.24) is 9.80 Å². The van der Waals surface area contributed by atoms with Gasteiger partial charge in [0.1, 0.15) is 36.2 Å². The van der Waals surface area contributed by atoms with Crippen molar-refractivity contribution in [3.63, 3.8) is 0 Å². The summed E-state index contributed by atoms with van der Waals surface area (Å²) in [5.41, 5.74) is 1.25. The number of nitrogens with zero attached hydrogens (tertiary/aromatic N) is 2. The lowest BCUT2D eigenvalue weighted by molar-refractivity contribution is -0.266. The Morgan fingerprint density at radius 3 is 2.22 bits per heavy atom. The first-order chi connectivity index (χ1) is 39.1. The van der Waals surface area contributed by atoms with E-state index in [2.05, 4.69) is 18.7 Å². The number of fused-ring (bicyclic) bond motifs is 3. The number of carbonyl (C=O) groups excluding carboxylic acids is 5. The fourth-order valence-electron chi connectivity index (χ4n) is 12.9. The van der Waals surface area contributed by atoms with Crippen LogP contribution in [0, 0.1) is 35.5 Å². The molecule has 0 aromatic heterocycles. The van der Waals surface area contributed by atoms with E-state index >= 15 is 0 Å². The first-order valence-electron chi connectivity index (χ1n) is 30.9. The number of Topliss-reactive ketones (excluding diaryl/α,β-unsaturated/α-hetero) is 3. The molecule has 18 heteroatoms. The Morgan fingerprint density at radius 2 is 1.52 bits per heavy atom. The van der Waals surface area contributed by atoms with Crippen LogP contribution in [0.4, 0.5) is 0 Å². The number of amides is 1. The second kappa shape index (κ2) is 32.8. The molecular formula is C64H102N2O16. The molecule has 6 rings (SSSR count). The predicted molar refractivity (Wildman–Crippen MR) is 309 cm³/mol. The molecule has 5 fully saturated rings. The number of hydrogen-bond acceptors (Lipinski definition) is 17. The van der Waals surface area contributed by atoms with Crippen LogP contribution in [0.25, 0.3) is 0 Å². The Morgan fingerprint density at radius 1 is 0.793 bits per heavy atom. The van der Waals surface area contributed by atoms with Crippen LogP contribution in [0.2, 0.25) is 0 Å². The maximum absolute atomic E-state index is 14.7. The lowest BCUT2D eigenvalue weighted by Crippen LogP contribution is -2.61. The van der Waals surface area contributed by atoms with E-state index in [1.165, 1.54) is 12.0 Å². The minimum Gasteiger partial charge on any atom is -0.460 e. The molecule has 4 saturated heterocycles. The summed E-state index contributed by atoms with van der Waals surface area (Å²) in [5.74, 6) is -8.01. The molecule has 1 saturated carbocycles. The Labute approximate surface area is 489 Å². The molecule has 0 aromatic rings. The number of hydrogen-bond donors (Lipinski definition) is 2. The molecule has 18 nitrogen and oxygen atoms in total. The van der Waals surface area contributed by atoms with E-state index in [9.17, 15) is 34.2 Å². The molecule has 1 amide bonds. The number of rotatable bonds is 15. The standard InChI is InChI=1S/C64H102N2O16/c1-40-18-13-12-14-19-41(2)55(79-29-28-77-51-38-76-39-51)34-50-23-21-46(7)64(73,82-50)61(70)62(71)66-26-16-15-20-52(66)63(72)81-56(35-53(67)42(3)31-45(6)59(69)60(75-11)58(68)44(5)30-40)43(4)32-49-22-24-54(57(33-49)74-10)78-27-17-25-65-36-47(8)80-48(9)37-65/h12-14,18-19,31,40,42-44,46-52,54-57,59-60,69,73H,15-17,20-30,32-39H2,1-11H3/b14-12+,18-13+,41-19+,45-31+/t40-,42-,43-,44-,46-,47-,48+,49+,50+,52+,54-,55?,56+,57-,59-,60+,64-/m1/s1. The van der Waals surface area contributed by atoms with E-state index in [1.807, 2.05) is 58.1 Å². The van der Waals surface area contributed by atoms with Gasteiger partial charge in [-0.1, -0.05) is 71.1 Å². The minimum atomic E-state index is -2.47. The maximum Gasteiger partial charge on any atom is 0.329 e. The van der Waals surface area contributed by atoms with Gasteiger partial charge in [0.2, 0.25) is 5.79 Å². The van der Waals surface area contributed by atoms with Crippen LogP contribution < -0.4 is 0 Å². The van der Waals surface area contributed by atoms with Crippen LogP contribution in [0.5, 0.6) is 0 Å². The number of esters is 1. The third-order valence-electron chi connectivity index (χ3n) is 18.0. The van der Waals surface area contributed by atoms with Crippen LogP contribution in [-0.2, 0) is 66.6 Å². The van der Waals surface area contributed by atoms with E-state index in [1.54, 1.807) is 34.0 Å². The van der Waals surface area contributed by atoms with Crippen molar-refractivity contribution >= 4 is 29.2 Å². The summed E-state index contributed by atoms with van der Waals surface area (Å²) in [6.45, 7) is 22.2. The molecular weight excluding hydrogens is 1050 g/mol. The zero-order valence-corrected chi connectivity index (χ0v) is 51.3. The molecule has 17 atom stereocenters. The van der Waals surface area contributed by atoms with Gasteiger partial charge in [-0.3, -0.25) is 24.1 Å². The van der Waals surface area contributed by atoms with Crippen LogP contribution in [0.1, 0.15) is 146 Å². The highest BCUT2D eigenvalue weighted by molar-refractivity contribution is 6.39. The van der Waals surface area contributed by atoms with Crippen molar-refractivity contribution in [3.05, 3.63) is 47.6 Å². The smallest absolute Gasteiger partial charge is 0.329 e. The molecule has 0 spiro atoms. The van der Waals surface area contributed by atoms with Gasteiger partial charge in [-0.2, -0.15) is 0 Å². The number of piperidine rings is 1. The summed E-state index contributed by atoms with van der Waals surface area (Å²) in [4.78, 5) is 75.9. The molecule has 464 valence electrons. The fraction of sp³-hybridized carbons (Fsp3) is 0.797. The van der Waals surface area contributed by atoms with Crippen molar-refractivity contribution < 1.29 is 76.8 Å². The topological polar surface area (TPSA) is 215 Å². The van der Waals surface area contributed by atoms with Gasteiger partial charge in [0.15, 0.2) is 5.78 Å². The van der Waals surface area contributed by atoms with Crippen LogP contribution in [0.3, 0.4) is 0 Å². The summed E-state index contributed by atoms with van der Waals surface area (Å²) < 4.78 is 54.4. The summed E-state index contributed by atoms with van der Waals surface area (Å²) in [5, 5.41) is 23.9. The summed E-state index contributed by atoms with van der Waals surface area (Å²) >= 11 is 0. The predicted octanol–water partition coefficient (Wildman–Crippen LogP) is 7.49. The van der Waals surface area contributed by atoms with Crippen molar-refractivity contribution in [1.29, 1.82) is 0 Å². The highest BCUT2D eigenvalue weighted by Gasteiger charge is 2.53. The van der Waals surface area contributed by atoms with E-state index in [4.69, 9.17) is 42.6 Å². The van der Waals surface area contributed by atoms with Crippen molar-refractivity contribution in [3.8, 4) is 0 Å². The first-order valence-corrected chi connectivity index (χ1v) is 30.9. The number of aliphatic hydroxyl groups excluding tert-OH is 1. The second-order valence-electron chi connectivity index (χ2n) is 25.0. The number of allylic oxidation sites excluding steroid dienone is 6. The highest BCUT2D eigenvalue weighted by Crippen LogP contribution is 2.38. The maximum atomic E-state index is 14.7. The molecule has 2 N–H and O–H groups in total. The number of carbonyl (C=O) groups is 5. The lowest BCUT2D eigenvalue weighted by atomic mass is 9.78. The number of aliphatic hydroxyl groups is 2. The quantitative estimate of drug-likeness (QED) is 0.0703. The molecule has 0 aromatic carbocycles. The Balaban J connectivity index is 1.23. The highest BCUT2D eigenvalue weighted by atomic mass is 16.6. The third kappa shape index (κ3) is 19.2. The van der Waals surface area contributed by atoms with E-state index in [0.29, 0.717) is 76.9 Å². The van der Waals surface area contributed by atoms with Gasteiger partial charge < -0.3 is 57.7 Å². The molecule has 6 aliphatic rings. The number of methoxy groups -OCH3 is 2. The summed E-state index contributed by atoms with van der Waals surface area (Å²) in [6, 6.07) is -1.16. The SMILES string of the molecule is CO[C@@H]1C[C@H](C[C@@H](C)[C@@H]2CC(=O)[C@H](C)/C=C(\C)[C@@H](O)[C@@H](OC)C(=O)[C@H](C)C[C@H](C)/C=C/C=C/C=C(\C)C(OCCOC3COC3)C[C@@H]3CC[C@@H](C)[C@@](O)(O3)C(=O)C(=O)N3CCCC[C@H]3C(=O)O2)CC[C@H]1OCCCN1C[C@@H](C)O[C@@H](C)C1. The molecule has 0 radical (unpaired) electrons. The largest absolute Gasteiger partial charge is 0.460 e. The monoisotopic (exact) mass is 1150 g/mol. The van der Waals surface area contributed by atoms with Gasteiger partial charge in [-0.15, -0.1) is 0 Å². The normalized spacial score (nSPS) is 38.8. The Kier molecular flexibility index (Phi) is 27.1. The zero-order valence-electron chi connectivity index (χ0n) is 51.3. The fourth-order valence-corrected chi connectivity index (χ4v) is 12.9. The average molecular weight is 1160 g/mol. The Hall–Kier alpha value is -3.53. The molecule has 5 heterocycles. The molecule has 1 unspecified atom stereocenters. The van der Waals surface area contributed by atoms with Crippen LogP contribution >= 0.6 is 0 Å². The number of ketones is 3. The van der Waals surface area contributed by atoms with Gasteiger partial charge in [0.25, 0.3) is 11.7 Å². The molecule has 82 heavy (non-hydrogen) atoms. The Bertz CT molecular complexity index is 2190. The molecule has 1 aliphatic carbocycles. The summed E-state index contributed by atoms with van der Waals surface area (Å²) in [7, 11) is 3.10. The van der Waals surface area contributed by atoms with Crippen molar-refractivity contribution in [2.75, 3.05) is 73.4 Å². The van der Waals surface area contributed by atoms with E-state index in [-0.39, 0.29) is 92.3 Å². The second-order valence-corrected chi connectivity index (χ2v) is 25.0. The van der Waals surface area contributed by atoms with Gasteiger partial charge in [-0.25, -0.2) is 4.79 Å². The number of morpholine rings is 1. The van der Waals surface area contributed by atoms with Crippen molar-refractivity contribution in [2.45, 2.75) is 219 Å². The first kappa shape index (κ1) is 67.6. The molecule has 5 aliphatic heterocycles. The van der Waals surface area contributed by atoms with Crippen LogP contribution in [0.15, 0.2) is 47.6 Å². The van der Waals surface area contributed by atoms with Gasteiger partial charge in [0, 0.05) is 77.6 Å². The van der Waals surface area contributed by atoms with Gasteiger partial charge >= 0.3 is 5.97 Å². The van der Waals surface area contributed by atoms with Crippen LogP contribution in [-0.4, -0.2) is 196 Å².